The molecule has 1 N–H and O–H groups in total. The first-order chi connectivity index (χ1) is 16.0. The number of carbonyl (C=O) groups excluding carboxylic acids is 1. The summed E-state index contributed by atoms with van der Waals surface area (Å²) in [5, 5.41) is 11.1. The van der Waals surface area contributed by atoms with Gasteiger partial charge in [-0.05, 0) is 55.2 Å². The third-order valence-electron chi connectivity index (χ3n) is 6.82. The Hall–Kier alpha value is -2.76. The standard InChI is InChI=1S/C28H32ClN3O2/c1-18-9-11-32(17-28(18,5)34)26(33)20-6-7-23(24(29)13-20)22-12-21(15-30-16-22)19-8-10-31-25(14-19)27(2,3)4/h6-8,10,12-16,18,34H,9,11,17H2,1-5H3. The molecular weight excluding hydrogens is 446 g/mol. The molecule has 1 aromatic carbocycles. The van der Waals surface area contributed by atoms with Gasteiger partial charge in [0.25, 0.3) is 5.91 Å². The molecule has 178 valence electrons. The van der Waals surface area contributed by atoms with Gasteiger partial charge in [0.2, 0.25) is 0 Å². The van der Waals surface area contributed by atoms with Gasteiger partial charge in [-0.3, -0.25) is 14.8 Å². The number of carbonyl (C=O) groups is 1. The van der Waals surface area contributed by atoms with Crippen molar-refractivity contribution in [2.24, 2.45) is 5.92 Å². The van der Waals surface area contributed by atoms with Crippen molar-refractivity contribution in [1.29, 1.82) is 0 Å². The van der Waals surface area contributed by atoms with E-state index in [0.29, 0.717) is 23.7 Å². The van der Waals surface area contributed by atoms with Crippen LogP contribution in [-0.4, -0.2) is 44.6 Å². The van der Waals surface area contributed by atoms with Crippen LogP contribution >= 0.6 is 11.6 Å². The van der Waals surface area contributed by atoms with Gasteiger partial charge in [0.15, 0.2) is 0 Å². The van der Waals surface area contributed by atoms with Crippen LogP contribution in [0.5, 0.6) is 0 Å². The SMILES string of the molecule is CC1CCN(C(=O)c2ccc(-c3cncc(-c4ccnc(C(C)(C)C)c4)c3)c(Cl)c2)CC1(C)O. The number of aliphatic hydroxyl groups is 1. The molecule has 6 heteroatoms. The first kappa shape index (κ1) is 24.4. The second-order valence-corrected chi connectivity index (χ2v) is 11.0. The van der Waals surface area contributed by atoms with Gasteiger partial charge in [0.1, 0.15) is 0 Å². The maximum absolute atomic E-state index is 13.1. The fraction of sp³-hybridized carbons (Fsp3) is 0.393. The number of pyridine rings is 2. The molecule has 0 aliphatic carbocycles. The summed E-state index contributed by atoms with van der Waals surface area (Å²) in [7, 11) is 0. The zero-order chi connectivity index (χ0) is 24.7. The Kier molecular flexibility index (Phi) is 6.54. The Labute approximate surface area is 206 Å². The van der Waals surface area contributed by atoms with Crippen LogP contribution in [0.1, 0.15) is 57.1 Å². The molecule has 4 rings (SSSR count). The van der Waals surface area contributed by atoms with Crippen LogP contribution in [0.15, 0.2) is 55.0 Å². The molecule has 0 radical (unpaired) electrons. The number of nitrogens with zero attached hydrogens (tertiary/aromatic N) is 3. The van der Waals surface area contributed by atoms with Gasteiger partial charge in [-0.2, -0.15) is 0 Å². The first-order valence-electron chi connectivity index (χ1n) is 11.7. The van der Waals surface area contributed by atoms with E-state index >= 15 is 0 Å². The van der Waals surface area contributed by atoms with Crippen LogP contribution in [0.25, 0.3) is 22.3 Å². The number of β-amino-alcohol motifs (C(OH)–C–C–N with tert-alkyl or cyclic N) is 1. The zero-order valence-corrected chi connectivity index (χ0v) is 21.2. The number of hydrogen-bond acceptors (Lipinski definition) is 4. The van der Waals surface area contributed by atoms with Crippen molar-refractivity contribution < 1.29 is 9.90 Å². The fourth-order valence-corrected chi connectivity index (χ4v) is 4.57. The van der Waals surface area contributed by atoms with Crippen LogP contribution in [-0.2, 0) is 5.41 Å². The molecular formula is C28H32ClN3O2. The molecule has 3 aromatic rings. The summed E-state index contributed by atoms with van der Waals surface area (Å²) in [6.07, 6.45) is 6.21. The number of aromatic nitrogens is 2. The minimum absolute atomic E-state index is 0.0490. The van der Waals surface area contributed by atoms with E-state index in [-0.39, 0.29) is 17.2 Å². The Balaban J connectivity index is 1.60. The number of rotatable bonds is 3. The van der Waals surface area contributed by atoms with E-state index in [9.17, 15) is 9.90 Å². The zero-order valence-electron chi connectivity index (χ0n) is 20.5. The van der Waals surface area contributed by atoms with Crippen LogP contribution in [0, 0.1) is 5.92 Å². The third kappa shape index (κ3) is 5.01. The predicted octanol–water partition coefficient (Wildman–Crippen LogP) is 5.99. The minimum atomic E-state index is -0.885. The number of amides is 1. The summed E-state index contributed by atoms with van der Waals surface area (Å²) in [5.74, 6) is 0.0427. The topological polar surface area (TPSA) is 66.3 Å². The van der Waals surface area contributed by atoms with E-state index in [1.165, 1.54) is 0 Å². The lowest BCUT2D eigenvalue weighted by Gasteiger charge is -2.41. The Morgan fingerprint density at radius 2 is 1.85 bits per heavy atom. The van der Waals surface area contributed by atoms with Gasteiger partial charge in [-0.15, -0.1) is 0 Å². The molecule has 0 saturated carbocycles. The van der Waals surface area contributed by atoms with E-state index in [1.807, 2.05) is 31.5 Å². The highest BCUT2D eigenvalue weighted by molar-refractivity contribution is 6.33. The lowest BCUT2D eigenvalue weighted by atomic mass is 9.84. The maximum atomic E-state index is 13.1. The molecule has 0 bridgehead atoms. The second-order valence-electron chi connectivity index (χ2n) is 10.6. The van der Waals surface area contributed by atoms with Crippen LogP contribution in [0.3, 0.4) is 0 Å². The maximum Gasteiger partial charge on any atom is 0.254 e. The largest absolute Gasteiger partial charge is 0.388 e. The average molecular weight is 478 g/mol. The molecule has 1 aliphatic heterocycles. The van der Waals surface area contributed by atoms with Crippen molar-refractivity contribution in [1.82, 2.24) is 14.9 Å². The van der Waals surface area contributed by atoms with E-state index in [0.717, 1.165) is 34.4 Å². The normalized spacial score (nSPS) is 20.9. The first-order valence-corrected chi connectivity index (χ1v) is 12.1. The van der Waals surface area contributed by atoms with E-state index in [2.05, 4.69) is 42.9 Å². The Morgan fingerprint density at radius 3 is 2.53 bits per heavy atom. The molecule has 1 amide bonds. The lowest BCUT2D eigenvalue weighted by molar-refractivity contribution is -0.0486. The highest BCUT2D eigenvalue weighted by Crippen LogP contribution is 2.33. The number of benzene rings is 1. The predicted molar refractivity (Wildman–Crippen MR) is 137 cm³/mol. The summed E-state index contributed by atoms with van der Waals surface area (Å²) in [6, 6.07) is 11.5. The van der Waals surface area contributed by atoms with Crippen molar-refractivity contribution in [3.8, 4) is 22.3 Å². The number of likely N-dealkylation sites (tertiary alicyclic amines) is 1. The highest BCUT2D eigenvalue weighted by atomic mass is 35.5. The van der Waals surface area contributed by atoms with E-state index in [4.69, 9.17) is 11.6 Å². The van der Waals surface area contributed by atoms with E-state index < -0.39 is 5.60 Å². The molecule has 1 saturated heterocycles. The summed E-state index contributed by atoms with van der Waals surface area (Å²) >= 11 is 6.65. The number of hydrogen-bond donors (Lipinski definition) is 1. The quantitative estimate of drug-likeness (QED) is 0.502. The third-order valence-corrected chi connectivity index (χ3v) is 7.13. The van der Waals surface area contributed by atoms with Crippen LogP contribution in [0.2, 0.25) is 5.02 Å². The fourth-order valence-electron chi connectivity index (χ4n) is 4.29. The van der Waals surface area contributed by atoms with Crippen LogP contribution in [0.4, 0.5) is 0 Å². The highest BCUT2D eigenvalue weighted by Gasteiger charge is 2.37. The molecule has 2 atom stereocenters. The summed E-state index contributed by atoms with van der Waals surface area (Å²) < 4.78 is 0. The number of piperidine rings is 1. The molecule has 34 heavy (non-hydrogen) atoms. The average Bonchev–Trinajstić information content (AvgIpc) is 2.80. The smallest absolute Gasteiger partial charge is 0.254 e. The van der Waals surface area contributed by atoms with Crippen molar-refractivity contribution >= 4 is 17.5 Å². The molecule has 2 unspecified atom stereocenters. The second kappa shape index (κ2) is 9.12. The van der Waals surface area contributed by atoms with Gasteiger partial charge >= 0.3 is 0 Å². The summed E-state index contributed by atoms with van der Waals surface area (Å²) in [6.45, 7) is 11.2. The summed E-state index contributed by atoms with van der Waals surface area (Å²) in [4.78, 5) is 23.8. The molecule has 1 aliphatic rings. The van der Waals surface area contributed by atoms with Crippen molar-refractivity contribution in [3.63, 3.8) is 0 Å². The molecule has 3 heterocycles. The van der Waals surface area contributed by atoms with E-state index in [1.54, 1.807) is 30.2 Å². The van der Waals surface area contributed by atoms with Gasteiger partial charge in [-0.25, -0.2) is 0 Å². The monoisotopic (exact) mass is 477 g/mol. The van der Waals surface area contributed by atoms with Gasteiger partial charge in [0.05, 0.1) is 5.60 Å². The van der Waals surface area contributed by atoms with Crippen molar-refractivity contribution in [3.05, 3.63) is 71.3 Å². The van der Waals surface area contributed by atoms with Gasteiger partial charge in [-0.1, -0.05) is 45.4 Å². The minimum Gasteiger partial charge on any atom is -0.388 e. The lowest BCUT2D eigenvalue weighted by Crippen LogP contribution is -2.53. The van der Waals surface area contributed by atoms with Crippen molar-refractivity contribution in [2.75, 3.05) is 13.1 Å². The Morgan fingerprint density at radius 1 is 1.12 bits per heavy atom. The van der Waals surface area contributed by atoms with Crippen LogP contribution < -0.4 is 0 Å². The van der Waals surface area contributed by atoms with Gasteiger partial charge < -0.3 is 10.0 Å². The van der Waals surface area contributed by atoms with Crippen molar-refractivity contribution in [2.45, 2.75) is 52.1 Å². The van der Waals surface area contributed by atoms with Gasteiger partial charge in [0, 0.05) is 70.1 Å². The Bertz CT molecular complexity index is 1220. The molecule has 5 nitrogen and oxygen atoms in total. The number of halogens is 1. The molecule has 1 fully saturated rings. The summed E-state index contributed by atoms with van der Waals surface area (Å²) in [5.41, 5.74) is 4.32. The molecule has 0 spiro atoms. The molecule has 2 aromatic heterocycles.